The van der Waals surface area contributed by atoms with E-state index in [1.165, 1.54) is 0 Å². The van der Waals surface area contributed by atoms with Gasteiger partial charge in [0.05, 0.1) is 23.1 Å². The minimum Gasteiger partial charge on any atom is -0.420 e. The Morgan fingerprint density at radius 3 is 3.04 bits per heavy atom. The van der Waals surface area contributed by atoms with Crippen molar-refractivity contribution in [2.75, 3.05) is 13.1 Å². The highest BCUT2D eigenvalue weighted by atomic mass is 16.4. The normalized spacial score (nSPS) is 17.5. The molecule has 0 radical (unpaired) electrons. The standard InChI is InChI=1S/C19H17N5O/c20-10-14-3-1-4-15(9-14)12-24-8-6-17(13-24)19-23-22-18(25-19)16-5-2-7-21-11-16/h1-5,7,9,11,17H,6,8,12-13H2. The largest absolute Gasteiger partial charge is 0.420 e. The van der Waals surface area contributed by atoms with Gasteiger partial charge in [-0.25, -0.2) is 0 Å². The van der Waals surface area contributed by atoms with E-state index in [-0.39, 0.29) is 5.92 Å². The molecule has 1 unspecified atom stereocenters. The molecule has 0 spiro atoms. The summed E-state index contributed by atoms with van der Waals surface area (Å²) in [6.45, 7) is 2.69. The predicted octanol–water partition coefficient (Wildman–Crippen LogP) is 2.99. The Bertz CT molecular complexity index is 899. The molecule has 0 saturated carbocycles. The van der Waals surface area contributed by atoms with Gasteiger partial charge in [-0.1, -0.05) is 12.1 Å². The van der Waals surface area contributed by atoms with Crippen molar-refractivity contribution in [2.24, 2.45) is 0 Å². The van der Waals surface area contributed by atoms with Crippen molar-refractivity contribution in [1.29, 1.82) is 5.26 Å². The fourth-order valence-electron chi connectivity index (χ4n) is 3.18. The number of likely N-dealkylation sites (tertiary alicyclic amines) is 1. The molecule has 124 valence electrons. The molecule has 1 atom stereocenters. The number of nitrogens with zero attached hydrogens (tertiary/aromatic N) is 5. The molecule has 4 rings (SSSR count). The lowest BCUT2D eigenvalue weighted by molar-refractivity contribution is 0.320. The predicted molar refractivity (Wildman–Crippen MR) is 91.3 cm³/mol. The van der Waals surface area contributed by atoms with Crippen molar-refractivity contribution in [3.8, 4) is 17.5 Å². The number of pyridine rings is 1. The van der Waals surface area contributed by atoms with Crippen LogP contribution in [-0.4, -0.2) is 33.2 Å². The maximum atomic E-state index is 9.01. The summed E-state index contributed by atoms with van der Waals surface area (Å²) in [6.07, 6.45) is 4.43. The van der Waals surface area contributed by atoms with Gasteiger partial charge in [-0.2, -0.15) is 5.26 Å². The van der Waals surface area contributed by atoms with Crippen molar-refractivity contribution in [1.82, 2.24) is 20.1 Å². The van der Waals surface area contributed by atoms with Crippen molar-refractivity contribution in [3.05, 3.63) is 65.8 Å². The molecule has 1 aliphatic rings. The molecule has 3 aromatic rings. The van der Waals surface area contributed by atoms with Crippen LogP contribution in [0.5, 0.6) is 0 Å². The summed E-state index contributed by atoms with van der Waals surface area (Å²) in [5, 5.41) is 17.4. The fourth-order valence-corrected chi connectivity index (χ4v) is 3.18. The van der Waals surface area contributed by atoms with E-state index in [0.717, 1.165) is 37.2 Å². The average molecular weight is 331 g/mol. The summed E-state index contributed by atoms with van der Waals surface area (Å²) in [5.41, 5.74) is 2.69. The topological polar surface area (TPSA) is 78.8 Å². The van der Waals surface area contributed by atoms with Gasteiger partial charge >= 0.3 is 0 Å². The van der Waals surface area contributed by atoms with Crippen molar-refractivity contribution in [3.63, 3.8) is 0 Å². The molecule has 0 amide bonds. The van der Waals surface area contributed by atoms with Crippen LogP contribution in [0.3, 0.4) is 0 Å². The molecule has 6 nitrogen and oxygen atoms in total. The third-order valence-electron chi connectivity index (χ3n) is 4.43. The quantitative estimate of drug-likeness (QED) is 0.731. The van der Waals surface area contributed by atoms with E-state index in [2.05, 4.69) is 32.2 Å². The van der Waals surface area contributed by atoms with Crippen LogP contribution in [0, 0.1) is 11.3 Å². The number of rotatable bonds is 4. The van der Waals surface area contributed by atoms with Gasteiger partial charge in [-0.05, 0) is 42.8 Å². The summed E-state index contributed by atoms with van der Waals surface area (Å²) < 4.78 is 5.86. The zero-order valence-electron chi connectivity index (χ0n) is 13.7. The van der Waals surface area contributed by atoms with Crippen molar-refractivity contribution >= 4 is 0 Å². The Balaban J connectivity index is 1.42. The summed E-state index contributed by atoms with van der Waals surface area (Å²) in [4.78, 5) is 6.44. The van der Waals surface area contributed by atoms with Gasteiger partial charge in [0, 0.05) is 25.5 Å². The van der Waals surface area contributed by atoms with Gasteiger partial charge < -0.3 is 4.42 Å². The first kappa shape index (κ1) is 15.5. The van der Waals surface area contributed by atoms with E-state index < -0.39 is 0 Å². The fraction of sp³-hybridized carbons (Fsp3) is 0.263. The second kappa shape index (κ2) is 6.83. The summed E-state index contributed by atoms with van der Waals surface area (Å²) in [7, 11) is 0. The first-order valence-electron chi connectivity index (χ1n) is 8.27. The van der Waals surface area contributed by atoms with Crippen LogP contribution in [0.1, 0.15) is 29.4 Å². The van der Waals surface area contributed by atoms with Crippen LogP contribution >= 0.6 is 0 Å². The maximum absolute atomic E-state index is 9.01. The van der Waals surface area contributed by atoms with Gasteiger partial charge in [0.15, 0.2) is 0 Å². The molecule has 0 N–H and O–H groups in total. The van der Waals surface area contributed by atoms with Gasteiger partial charge in [0.25, 0.3) is 0 Å². The summed E-state index contributed by atoms with van der Waals surface area (Å²) in [5.74, 6) is 1.45. The lowest BCUT2D eigenvalue weighted by Gasteiger charge is -2.15. The molecule has 1 aliphatic heterocycles. The molecule has 1 saturated heterocycles. The molecule has 0 aliphatic carbocycles. The number of nitriles is 1. The average Bonchev–Trinajstić information content (AvgIpc) is 3.32. The summed E-state index contributed by atoms with van der Waals surface area (Å²) >= 11 is 0. The Hall–Kier alpha value is -3.04. The SMILES string of the molecule is N#Cc1cccc(CN2CCC(c3nnc(-c4cccnc4)o3)C2)c1. The Morgan fingerprint density at radius 2 is 2.20 bits per heavy atom. The monoisotopic (exact) mass is 331 g/mol. The zero-order chi connectivity index (χ0) is 17.1. The Labute approximate surface area is 145 Å². The van der Waals surface area contributed by atoms with Gasteiger partial charge in [-0.15, -0.1) is 10.2 Å². The van der Waals surface area contributed by atoms with E-state index >= 15 is 0 Å². The number of hydrogen-bond acceptors (Lipinski definition) is 6. The number of aromatic nitrogens is 3. The molecule has 6 heteroatoms. The second-order valence-corrected chi connectivity index (χ2v) is 6.22. The van der Waals surface area contributed by atoms with Crippen LogP contribution in [-0.2, 0) is 6.54 Å². The molecule has 25 heavy (non-hydrogen) atoms. The summed E-state index contributed by atoms with van der Waals surface area (Å²) in [6, 6.07) is 13.7. The van der Waals surface area contributed by atoms with E-state index in [1.54, 1.807) is 12.4 Å². The zero-order valence-corrected chi connectivity index (χ0v) is 13.7. The number of hydrogen-bond donors (Lipinski definition) is 0. The molecular formula is C19H17N5O. The molecule has 1 fully saturated rings. The molecular weight excluding hydrogens is 314 g/mol. The Kier molecular flexibility index (Phi) is 4.23. The highest BCUT2D eigenvalue weighted by Gasteiger charge is 2.28. The minimum atomic E-state index is 0.247. The van der Waals surface area contributed by atoms with Crippen molar-refractivity contribution < 1.29 is 4.42 Å². The third kappa shape index (κ3) is 3.42. The second-order valence-electron chi connectivity index (χ2n) is 6.22. The molecule has 2 aromatic heterocycles. The first-order chi connectivity index (χ1) is 12.3. The molecule has 3 heterocycles. The maximum Gasteiger partial charge on any atom is 0.249 e. The molecule has 1 aromatic carbocycles. The van der Waals surface area contributed by atoms with Crippen molar-refractivity contribution in [2.45, 2.75) is 18.9 Å². The van der Waals surface area contributed by atoms with Crippen LogP contribution in [0.4, 0.5) is 0 Å². The third-order valence-corrected chi connectivity index (χ3v) is 4.43. The van der Waals surface area contributed by atoms with Crippen LogP contribution in [0.25, 0.3) is 11.5 Å². The van der Waals surface area contributed by atoms with Crippen LogP contribution in [0.15, 0.2) is 53.2 Å². The number of benzene rings is 1. The molecule has 0 bridgehead atoms. The van der Waals surface area contributed by atoms with E-state index in [1.807, 2.05) is 30.3 Å². The smallest absolute Gasteiger partial charge is 0.249 e. The first-order valence-corrected chi connectivity index (χ1v) is 8.27. The van der Waals surface area contributed by atoms with E-state index in [4.69, 9.17) is 9.68 Å². The highest BCUT2D eigenvalue weighted by molar-refractivity contribution is 5.50. The van der Waals surface area contributed by atoms with E-state index in [9.17, 15) is 0 Å². The van der Waals surface area contributed by atoms with Crippen LogP contribution in [0.2, 0.25) is 0 Å². The lowest BCUT2D eigenvalue weighted by Crippen LogP contribution is -2.19. The lowest BCUT2D eigenvalue weighted by atomic mass is 10.1. The minimum absolute atomic E-state index is 0.247. The van der Waals surface area contributed by atoms with Gasteiger partial charge in [0.2, 0.25) is 11.8 Å². The Morgan fingerprint density at radius 1 is 1.24 bits per heavy atom. The van der Waals surface area contributed by atoms with Gasteiger partial charge in [0.1, 0.15) is 0 Å². The highest BCUT2D eigenvalue weighted by Crippen LogP contribution is 2.29. The van der Waals surface area contributed by atoms with Gasteiger partial charge in [-0.3, -0.25) is 9.88 Å². The van der Waals surface area contributed by atoms with Crippen LogP contribution < -0.4 is 0 Å². The van der Waals surface area contributed by atoms with E-state index in [0.29, 0.717) is 17.3 Å².